The molecule has 1 aromatic carbocycles. The third-order valence-electron chi connectivity index (χ3n) is 3.52. The first-order valence-corrected chi connectivity index (χ1v) is 7.94. The molecule has 1 aromatic rings. The van der Waals surface area contributed by atoms with Gasteiger partial charge in [0.2, 0.25) is 0 Å². The molecule has 7 heteroatoms. The van der Waals surface area contributed by atoms with Crippen molar-refractivity contribution in [3.63, 3.8) is 0 Å². The van der Waals surface area contributed by atoms with Crippen LogP contribution in [0.2, 0.25) is 5.02 Å². The maximum Gasteiger partial charge on any atom is 0.401 e. The van der Waals surface area contributed by atoms with E-state index in [1.54, 1.807) is 0 Å². The Kier molecular flexibility index (Phi) is 5.94. The lowest BCUT2D eigenvalue weighted by Crippen LogP contribution is -2.33. The van der Waals surface area contributed by atoms with Crippen LogP contribution in [0.5, 0.6) is 0 Å². The van der Waals surface area contributed by atoms with E-state index >= 15 is 0 Å². The van der Waals surface area contributed by atoms with Crippen molar-refractivity contribution in [2.45, 2.75) is 19.1 Å². The van der Waals surface area contributed by atoms with Crippen LogP contribution >= 0.6 is 27.5 Å². The van der Waals surface area contributed by atoms with Crippen molar-refractivity contribution < 1.29 is 13.2 Å². The summed E-state index contributed by atoms with van der Waals surface area (Å²) in [5.41, 5.74) is 1.09. The molecule has 1 fully saturated rings. The van der Waals surface area contributed by atoms with Crippen molar-refractivity contribution in [3.05, 3.63) is 33.3 Å². The zero-order chi connectivity index (χ0) is 15.5. The Morgan fingerprint density at radius 1 is 1.38 bits per heavy atom. The molecule has 1 N–H and O–H groups in total. The first-order chi connectivity index (χ1) is 9.83. The molecule has 1 saturated heterocycles. The van der Waals surface area contributed by atoms with Crippen LogP contribution in [0.3, 0.4) is 0 Å². The van der Waals surface area contributed by atoms with Crippen LogP contribution in [0.15, 0.2) is 22.7 Å². The molecule has 0 spiro atoms. The van der Waals surface area contributed by atoms with Crippen LogP contribution in [0, 0.1) is 5.92 Å². The standard InChI is InChI=1S/C14H17BrClF3N2/c15-12-5-10(1-2-13(12)16)6-20-7-11-3-4-21(8-11)9-14(17,18)19/h1-2,5,11,20H,3-4,6-9H2. The molecule has 0 aliphatic carbocycles. The molecule has 1 aliphatic rings. The number of nitrogens with one attached hydrogen (secondary N) is 1. The Bertz CT molecular complexity index is 482. The van der Waals surface area contributed by atoms with Crippen LogP contribution in [0.1, 0.15) is 12.0 Å². The van der Waals surface area contributed by atoms with Crippen molar-refractivity contribution in [3.8, 4) is 0 Å². The maximum absolute atomic E-state index is 12.3. The molecule has 1 heterocycles. The van der Waals surface area contributed by atoms with Crippen LogP contribution in [0.4, 0.5) is 13.2 Å². The minimum atomic E-state index is -4.10. The van der Waals surface area contributed by atoms with E-state index in [-0.39, 0.29) is 5.92 Å². The van der Waals surface area contributed by atoms with Gasteiger partial charge >= 0.3 is 6.18 Å². The van der Waals surface area contributed by atoms with Gasteiger partial charge in [-0.3, -0.25) is 4.90 Å². The van der Waals surface area contributed by atoms with E-state index < -0.39 is 12.7 Å². The quantitative estimate of drug-likeness (QED) is 0.822. The van der Waals surface area contributed by atoms with Gasteiger partial charge in [-0.15, -0.1) is 0 Å². The van der Waals surface area contributed by atoms with Crippen LogP contribution < -0.4 is 5.32 Å². The van der Waals surface area contributed by atoms with E-state index in [9.17, 15) is 13.2 Å². The van der Waals surface area contributed by atoms with Gasteiger partial charge in [-0.1, -0.05) is 17.7 Å². The highest BCUT2D eigenvalue weighted by molar-refractivity contribution is 9.10. The second-order valence-electron chi connectivity index (χ2n) is 5.38. The third kappa shape index (κ3) is 5.77. The Morgan fingerprint density at radius 2 is 2.14 bits per heavy atom. The molecule has 0 saturated carbocycles. The van der Waals surface area contributed by atoms with Crippen molar-refractivity contribution in [1.29, 1.82) is 0 Å². The van der Waals surface area contributed by atoms with Crippen LogP contribution in [0.25, 0.3) is 0 Å². The fraction of sp³-hybridized carbons (Fsp3) is 0.571. The molecule has 118 valence electrons. The van der Waals surface area contributed by atoms with Gasteiger partial charge in [-0.25, -0.2) is 0 Å². The minimum Gasteiger partial charge on any atom is -0.312 e. The summed E-state index contributed by atoms with van der Waals surface area (Å²) < 4.78 is 37.8. The Balaban J connectivity index is 1.71. The van der Waals surface area contributed by atoms with Gasteiger partial charge in [-0.05, 0) is 59.1 Å². The lowest BCUT2D eigenvalue weighted by Gasteiger charge is -2.18. The largest absolute Gasteiger partial charge is 0.401 e. The fourth-order valence-electron chi connectivity index (χ4n) is 2.55. The van der Waals surface area contributed by atoms with Crippen molar-refractivity contribution in [1.82, 2.24) is 10.2 Å². The average Bonchev–Trinajstić information content (AvgIpc) is 2.79. The molecule has 0 bridgehead atoms. The molecule has 2 rings (SSSR count). The first-order valence-electron chi connectivity index (χ1n) is 6.77. The van der Waals surface area contributed by atoms with E-state index in [0.717, 1.165) is 23.0 Å². The summed E-state index contributed by atoms with van der Waals surface area (Å²) in [6.07, 6.45) is -3.29. The average molecular weight is 386 g/mol. The second-order valence-corrected chi connectivity index (χ2v) is 6.65. The highest BCUT2D eigenvalue weighted by Gasteiger charge is 2.34. The van der Waals surface area contributed by atoms with Crippen molar-refractivity contribution in [2.24, 2.45) is 5.92 Å². The number of hydrogen-bond donors (Lipinski definition) is 1. The molecule has 1 unspecified atom stereocenters. The zero-order valence-electron chi connectivity index (χ0n) is 11.4. The molecular formula is C14H17BrClF3N2. The predicted molar refractivity (Wildman–Crippen MR) is 81.5 cm³/mol. The van der Waals surface area contributed by atoms with Crippen molar-refractivity contribution in [2.75, 3.05) is 26.2 Å². The van der Waals surface area contributed by atoms with Gasteiger partial charge in [-0.2, -0.15) is 13.2 Å². The fourth-order valence-corrected chi connectivity index (χ4v) is 3.09. The topological polar surface area (TPSA) is 15.3 Å². The van der Waals surface area contributed by atoms with E-state index in [2.05, 4.69) is 21.2 Å². The summed E-state index contributed by atoms with van der Waals surface area (Å²) >= 11 is 9.29. The van der Waals surface area contributed by atoms with Crippen molar-refractivity contribution >= 4 is 27.5 Å². The van der Waals surface area contributed by atoms with E-state index in [1.807, 2.05) is 18.2 Å². The van der Waals surface area contributed by atoms with Gasteiger partial charge in [0.1, 0.15) is 0 Å². The Morgan fingerprint density at radius 3 is 2.81 bits per heavy atom. The molecular weight excluding hydrogens is 369 g/mol. The normalized spacial score (nSPS) is 20.1. The number of alkyl halides is 3. The molecule has 1 aliphatic heterocycles. The zero-order valence-corrected chi connectivity index (χ0v) is 13.7. The number of benzene rings is 1. The molecule has 1 atom stereocenters. The van der Waals surface area contributed by atoms with E-state index in [1.165, 1.54) is 4.90 Å². The summed E-state index contributed by atoms with van der Waals surface area (Å²) in [6, 6.07) is 5.70. The molecule has 2 nitrogen and oxygen atoms in total. The van der Waals surface area contributed by atoms with Gasteiger partial charge < -0.3 is 5.32 Å². The summed E-state index contributed by atoms with van der Waals surface area (Å²) in [4.78, 5) is 1.48. The molecule has 0 aromatic heterocycles. The minimum absolute atomic E-state index is 0.281. The smallest absolute Gasteiger partial charge is 0.312 e. The monoisotopic (exact) mass is 384 g/mol. The third-order valence-corrected chi connectivity index (χ3v) is 4.73. The number of hydrogen-bond acceptors (Lipinski definition) is 2. The van der Waals surface area contributed by atoms with Crippen LogP contribution in [-0.4, -0.2) is 37.3 Å². The second kappa shape index (κ2) is 7.31. The highest BCUT2D eigenvalue weighted by atomic mass is 79.9. The predicted octanol–water partition coefficient (Wildman–Crippen LogP) is 4.08. The Hall–Kier alpha value is -0.300. The SMILES string of the molecule is FC(F)(F)CN1CCC(CNCc2ccc(Cl)c(Br)c2)C1. The van der Waals surface area contributed by atoms with Crippen LogP contribution in [-0.2, 0) is 6.54 Å². The molecule has 0 radical (unpaired) electrons. The highest BCUT2D eigenvalue weighted by Crippen LogP contribution is 2.24. The van der Waals surface area contributed by atoms with E-state index in [0.29, 0.717) is 24.7 Å². The van der Waals surface area contributed by atoms with Gasteiger partial charge in [0.05, 0.1) is 11.6 Å². The summed E-state index contributed by atoms with van der Waals surface area (Å²) in [6.45, 7) is 1.66. The summed E-state index contributed by atoms with van der Waals surface area (Å²) in [5.74, 6) is 0.281. The van der Waals surface area contributed by atoms with Gasteiger partial charge in [0, 0.05) is 17.6 Å². The number of nitrogens with zero attached hydrogens (tertiary/aromatic N) is 1. The number of likely N-dealkylation sites (tertiary alicyclic amines) is 1. The van der Waals surface area contributed by atoms with E-state index in [4.69, 9.17) is 11.6 Å². The maximum atomic E-state index is 12.3. The molecule has 21 heavy (non-hydrogen) atoms. The summed E-state index contributed by atoms with van der Waals surface area (Å²) in [7, 11) is 0. The number of rotatable bonds is 5. The lowest BCUT2D eigenvalue weighted by molar-refractivity contribution is -0.143. The van der Waals surface area contributed by atoms with Gasteiger partial charge in [0.25, 0.3) is 0 Å². The molecule has 0 amide bonds. The first kappa shape index (κ1) is 17.1. The number of halogens is 5. The Labute approximate surface area is 135 Å². The van der Waals surface area contributed by atoms with Gasteiger partial charge in [0.15, 0.2) is 0 Å². The summed E-state index contributed by atoms with van der Waals surface area (Å²) in [5, 5.41) is 3.97. The lowest BCUT2D eigenvalue weighted by atomic mass is 10.1.